The van der Waals surface area contributed by atoms with E-state index in [1.54, 1.807) is 9.21 Å². The van der Waals surface area contributed by atoms with Gasteiger partial charge in [0.1, 0.15) is 0 Å². The fourth-order valence-electron chi connectivity index (χ4n) is 4.47. The van der Waals surface area contributed by atoms with Crippen LogP contribution in [-0.4, -0.2) is 48.5 Å². The Morgan fingerprint density at radius 3 is 2.40 bits per heavy atom. The summed E-state index contributed by atoms with van der Waals surface area (Å²) < 4.78 is 27.9. The Hall–Kier alpha value is -2.38. The molecule has 0 radical (unpaired) electrons. The number of likely N-dealkylation sites (tertiary alicyclic amines) is 1. The van der Waals surface area contributed by atoms with Crippen LogP contribution < -0.4 is 5.32 Å². The molecule has 1 N–H and O–H groups in total. The molecule has 4 rings (SSSR count). The van der Waals surface area contributed by atoms with Crippen LogP contribution in [0, 0.1) is 5.92 Å². The zero-order chi connectivity index (χ0) is 21.1. The van der Waals surface area contributed by atoms with Gasteiger partial charge in [0.15, 0.2) is 0 Å². The maximum absolute atomic E-state index is 13.1. The summed E-state index contributed by atoms with van der Waals surface area (Å²) in [6.45, 7) is 4.09. The number of urea groups is 1. The minimum atomic E-state index is -3.35. The molecule has 30 heavy (non-hydrogen) atoms. The number of hydrogen-bond acceptors (Lipinski definition) is 3. The number of nitrogens with one attached hydrogen (secondary N) is 1. The molecule has 0 aliphatic carbocycles. The number of hydrogen-bond donors (Lipinski definition) is 1. The number of aryl methyl sites for hydroxylation is 1. The van der Waals surface area contributed by atoms with Crippen LogP contribution in [0.2, 0.25) is 0 Å². The zero-order valence-corrected chi connectivity index (χ0v) is 18.1. The summed E-state index contributed by atoms with van der Waals surface area (Å²) in [5.41, 5.74) is 3.00. The Morgan fingerprint density at radius 1 is 1.00 bits per heavy atom. The quantitative estimate of drug-likeness (QED) is 0.809. The highest BCUT2D eigenvalue weighted by Gasteiger charge is 2.47. The Labute approximate surface area is 178 Å². The summed E-state index contributed by atoms with van der Waals surface area (Å²) in [5.74, 6) is 0.0698. The number of carbonyl (C=O) groups excluding carboxylic acids is 1. The van der Waals surface area contributed by atoms with Gasteiger partial charge in [-0.2, -0.15) is 4.31 Å². The number of rotatable bonds is 4. The maximum Gasteiger partial charge on any atom is 0.321 e. The van der Waals surface area contributed by atoms with Crippen molar-refractivity contribution in [2.24, 2.45) is 5.92 Å². The molecule has 2 aliphatic heterocycles. The van der Waals surface area contributed by atoms with Crippen LogP contribution in [0.4, 0.5) is 10.5 Å². The van der Waals surface area contributed by atoms with E-state index in [0.717, 1.165) is 17.7 Å². The number of amides is 2. The topological polar surface area (TPSA) is 69.7 Å². The van der Waals surface area contributed by atoms with Crippen molar-refractivity contribution >= 4 is 21.7 Å². The summed E-state index contributed by atoms with van der Waals surface area (Å²) in [7, 11) is -3.35. The highest BCUT2D eigenvalue weighted by atomic mass is 32.2. The van der Waals surface area contributed by atoms with Gasteiger partial charge in [-0.05, 0) is 48.4 Å². The molecule has 7 heteroatoms. The van der Waals surface area contributed by atoms with Gasteiger partial charge in [-0.15, -0.1) is 0 Å². The maximum atomic E-state index is 13.1. The summed E-state index contributed by atoms with van der Waals surface area (Å²) >= 11 is 0. The lowest BCUT2D eigenvalue weighted by Gasteiger charge is -2.22. The highest BCUT2D eigenvalue weighted by Crippen LogP contribution is 2.35. The van der Waals surface area contributed by atoms with E-state index in [0.29, 0.717) is 39.0 Å². The van der Waals surface area contributed by atoms with Crippen LogP contribution >= 0.6 is 0 Å². The van der Waals surface area contributed by atoms with Gasteiger partial charge in [0.2, 0.25) is 10.0 Å². The molecule has 2 fully saturated rings. The average molecular weight is 428 g/mol. The van der Waals surface area contributed by atoms with Crippen molar-refractivity contribution in [3.05, 3.63) is 65.7 Å². The fourth-order valence-corrected chi connectivity index (χ4v) is 6.69. The number of fused-ring (bicyclic) bond motifs is 1. The van der Waals surface area contributed by atoms with Gasteiger partial charge in [-0.25, -0.2) is 13.2 Å². The molecule has 160 valence electrons. The summed E-state index contributed by atoms with van der Waals surface area (Å²) in [6.07, 6.45) is 2.15. The van der Waals surface area contributed by atoms with Crippen LogP contribution in [-0.2, 0) is 23.0 Å². The second-order valence-corrected chi connectivity index (χ2v) is 10.3. The van der Waals surface area contributed by atoms with Gasteiger partial charge >= 0.3 is 6.03 Å². The molecule has 2 saturated heterocycles. The van der Waals surface area contributed by atoms with Crippen molar-refractivity contribution in [1.29, 1.82) is 0 Å². The number of anilines is 1. The van der Waals surface area contributed by atoms with E-state index in [1.165, 1.54) is 5.56 Å². The van der Waals surface area contributed by atoms with Gasteiger partial charge in [0, 0.05) is 31.9 Å². The predicted molar refractivity (Wildman–Crippen MR) is 119 cm³/mol. The van der Waals surface area contributed by atoms with Crippen LogP contribution in [0.1, 0.15) is 30.9 Å². The molecule has 6 nitrogen and oxygen atoms in total. The van der Waals surface area contributed by atoms with Crippen molar-refractivity contribution in [3.8, 4) is 0 Å². The Bertz CT molecular complexity index is 977. The van der Waals surface area contributed by atoms with E-state index >= 15 is 0 Å². The van der Waals surface area contributed by atoms with E-state index in [9.17, 15) is 13.2 Å². The third-order valence-electron chi connectivity index (χ3n) is 6.26. The second-order valence-electron chi connectivity index (χ2n) is 8.17. The summed E-state index contributed by atoms with van der Waals surface area (Å²) in [4.78, 5) is 14.5. The minimum absolute atomic E-state index is 0.0698. The third-order valence-corrected chi connectivity index (χ3v) is 8.65. The second kappa shape index (κ2) is 8.78. The van der Waals surface area contributed by atoms with E-state index in [1.807, 2.05) is 54.6 Å². The number of benzene rings is 2. The number of nitrogens with zero attached hydrogens (tertiary/aromatic N) is 2. The normalized spacial score (nSPS) is 23.6. The van der Waals surface area contributed by atoms with E-state index < -0.39 is 15.3 Å². The average Bonchev–Trinajstić information content (AvgIpc) is 2.89. The Morgan fingerprint density at radius 2 is 1.70 bits per heavy atom. The molecule has 0 bridgehead atoms. The molecular weight excluding hydrogens is 398 g/mol. The van der Waals surface area contributed by atoms with E-state index in [-0.39, 0.29) is 11.9 Å². The molecule has 0 saturated carbocycles. The molecule has 2 aromatic carbocycles. The first kappa shape index (κ1) is 20.9. The molecule has 0 aromatic heterocycles. The van der Waals surface area contributed by atoms with Crippen LogP contribution in [0.5, 0.6) is 0 Å². The van der Waals surface area contributed by atoms with Crippen molar-refractivity contribution in [2.45, 2.75) is 38.0 Å². The zero-order valence-electron chi connectivity index (χ0n) is 17.3. The van der Waals surface area contributed by atoms with Gasteiger partial charge < -0.3 is 10.2 Å². The van der Waals surface area contributed by atoms with Crippen LogP contribution in [0.15, 0.2) is 54.6 Å². The third kappa shape index (κ3) is 4.37. The van der Waals surface area contributed by atoms with Gasteiger partial charge in [0.05, 0.1) is 5.25 Å². The molecule has 2 atom stereocenters. The first-order valence-electron chi connectivity index (χ1n) is 10.6. The lowest BCUT2D eigenvalue weighted by atomic mass is 10.0. The van der Waals surface area contributed by atoms with Crippen molar-refractivity contribution in [1.82, 2.24) is 9.21 Å². The van der Waals surface area contributed by atoms with Crippen molar-refractivity contribution < 1.29 is 13.2 Å². The van der Waals surface area contributed by atoms with Gasteiger partial charge in [0.25, 0.3) is 0 Å². The fraction of sp³-hybridized carbons (Fsp3) is 0.435. The Kier molecular flexibility index (Phi) is 6.11. The first-order valence-corrected chi connectivity index (χ1v) is 12.2. The smallest absolute Gasteiger partial charge is 0.321 e. The molecule has 2 heterocycles. The summed E-state index contributed by atoms with van der Waals surface area (Å²) in [6, 6.07) is 17.4. The van der Waals surface area contributed by atoms with Crippen LogP contribution in [0.3, 0.4) is 0 Å². The molecule has 0 spiro atoms. The number of sulfonamides is 1. The molecule has 2 amide bonds. The first-order chi connectivity index (χ1) is 14.5. The van der Waals surface area contributed by atoms with Gasteiger partial charge in [-0.3, -0.25) is 0 Å². The standard InChI is InChI=1S/C23H29N3O3S/c1-2-18-8-10-21(11-9-18)24-23(27)25-14-12-20-17-26(16-19-6-4-3-5-7-19)30(28,29)22(20)13-15-25/h3-11,20,22H,2,12-17H2,1H3,(H,24,27)/t20-,22-/m1/s1. The molecule has 0 unspecified atom stereocenters. The highest BCUT2D eigenvalue weighted by molar-refractivity contribution is 7.90. The van der Waals surface area contributed by atoms with Crippen LogP contribution in [0.25, 0.3) is 0 Å². The molecule has 2 aromatic rings. The monoisotopic (exact) mass is 427 g/mol. The number of carbonyl (C=O) groups is 1. The van der Waals surface area contributed by atoms with Gasteiger partial charge in [-0.1, -0.05) is 49.4 Å². The molecule has 2 aliphatic rings. The molecular formula is C23H29N3O3S. The largest absolute Gasteiger partial charge is 0.324 e. The van der Waals surface area contributed by atoms with E-state index in [2.05, 4.69) is 12.2 Å². The lowest BCUT2D eigenvalue weighted by molar-refractivity contribution is 0.212. The van der Waals surface area contributed by atoms with E-state index in [4.69, 9.17) is 0 Å². The van der Waals surface area contributed by atoms with Crippen molar-refractivity contribution in [3.63, 3.8) is 0 Å². The predicted octanol–water partition coefficient (Wildman–Crippen LogP) is 3.71. The minimum Gasteiger partial charge on any atom is -0.324 e. The lowest BCUT2D eigenvalue weighted by Crippen LogP contribution is -2.37. The summed E-state index contributed by atoms with van der Waals surface area (Å²) in [5, 5.41) is 2.55. The Balaban J connectivity index is 1.38. The SMILES string of the molecule is CCc1ccc(NC(=O)N2CC[C@@H]3CN(Cc4ccccc4)S(=O)(=O)[C@@H]3CC2)cc1. The van der Waals surface area contributed by atoms with Crippen molar-refractivity contribution in [2.75, 3.05) is 25.0 Å².